The lowest BCUT2D eigenvalue weighted by Crippen LogP contribution is -2.35. The van der Waals surface area contributed by atoms with Gasteiger partial charge in [-0.3, -0.25) is 19.3 Å². The van der Waals surface area contributed by atoms with Gasteiger partial charge >= 0.3 is 6.09 Å². The molecular formula is C41H57ClN8O2. The summed E-state index contributed by atoms with van der Waals surface area (Å²) in [7, 11) is 0. The van der Waals surface area contributed by atoms with Crippen molar-refractivity contribution >= 4 is 18.5 Å². The quantitative estimate of drug-likeness (QED) is 0.208. The first-order valence-corrected chi connectivity index (χ1v) is 19.5. The summed E-state index contributed by atoms with van der Waals surface area (Å²) >= 11 is 0. The first-order chi connectivity index (χ1) is 24.8. The third-order valence-electron chi connectivity index (χ3n) is 10.7. The molecule has 52 heavy (non-hydrogen) atoms. The lowest BCUT2D eigenvalue weighted by Gasteiger charge is -2.24. The Kier molecular flexibility index (Phi) is 12.7. The topological polar surface area (TPSA) is 103 Å². The molecule has 0 saturated carbocycles. The molecule has 4 aromatic heterocycles. The van der Waals surface area contributed by atoms with E-state index in [1.165, 1.54) is 90.0 Å². The summed E-state index contributed by atoms with van der Waals surface area (Å²) in [5.74, 6) is 0. The van der Waals surface area contributed by atoms with E-state index in [0.717, 1.165) is 58.0 Å². The highest BCUT2D eigenvalue weighted by atomic mass is 35.5. The Labute approximate surface area is 315 Å². The predicted molar refractivity (Wildman–Crippen MR) is 206 cm³/mol. The fourth-order valence-electron chi connectivity index (χ4n) is 7.81. The van der Waals surface area contributed by atoms with E-state index in [2.05, 4.69) is 56.9 Å². The maximum atomic E-state index is 12.3. The van der Waals surface area contributed by atoms with Crippen LogP contribution in [0, 0.1) is 0 Å². The monoisotopic (exact) mass is 728 g/mol. The molecule has 4 aromatic rings. The summed E-state index contributed by atoms with van der Waals surface area (Å²) in [6.07, 6.45) is 24.0. The van der Waals surface area contributed by atoms with Gasteiger partial charge in [-0.2, -0.15) is 10.2 Å². The standard InChI is InChI=1S/C23H32N4O2.C18H24N4.ClH/c1-23(2,3)29-22(28)26-13-12-20(16-26)27-15-17(14-24-27)8-10-19-11-9-18-6-4-5-7-21(18)25-19;1-2-4-18-15(3-1)6-8-16(21-18)7-5-14-11-20-22(13-14)17-9-10-19-12-17;/h9,11,14-15,20H,4-8,10,12-13,16H2,1-3H3;6,8,11,13,17,19H,1-5,7,9-10,12H2;1H/t20-;17-;/m11./s1. The number of amides is 1. The molecule has 2 aliphatic carbocycles. The second-order valence-electron chi connectivity index (χ2n) is 15.9. The van der Waals surface area contributed by atoms with Gasteiger partial charge in [0.25, 0.3) is 0 Å². The van der Waals surface area contributed by atoms with E-state index in [1.54, 1.807) is 4.90 Å². The summed E-state index contributed by atoms with van der Waals surface area (Å²) in [4.78, 5) is 23.8. The first kappa shape index (κ1) is 38.0. The van der Waals surface area contributed by atoms with E-state index in [4.69, 9.17) is 14.7 Å². The number of carbonyl (C=O) groups is 1. The molecule has 6 heterocycles. The Morgan fingerprint density at radius 1 is 0.769 bits per heavy atom. The third kappa shape index (κ3) is 10.0. The van der Waals surface area contributed by atoms with Gasteiger partial charge < -0.3 is 15.0 Å². The van der Waals surface area contributed by atoms with Crippen molar-refractivity contribution in [2.24, 2.45) is 0 Å². The van der Waals surface area contributed by atoms with Crippen molar-refractivity contribution in [2.75, 3.05) is 26.2 Å². The van der Waals surface area contributed by atoms with Crippen LogP contribution in [0.25, 0.3) is 0 Å². The Balaban J connectivity index is 0.000000181. The maximum Gasteiger partial charge on any atom is 0.410 e. The van der Waals surface area contributed by atoms with E-state index >= 15 is 0 Å². The molecule has 0 aromatic carbocycles. The van der Waals surface area contributed by atoms with Gasteiger partial charge in [0.05, 0.1) is 24.5 Å². The molecule has 0 spiro atoms. The molecule has 0 bridgehead atoms. The second kappa shape index (κ2) is 17.4. The van der Waals surface area contributed by atoms with Crippen LogP contribution in [-0.4, -0.2) is 72.3 Å². The molecule has 4 aliphatic rings. The smallest absolute Gasteiger partial charge is 0.410 e. The minimum Gasteiger partial charge on any atom is -0.444 e. The molecular weight excluding hydrogens is 672 g/mol. The molecule has 2 saturated heterocycles. The number of nitrogens with one attached hydrogen (secondary N) is 1. The van der Waals surface area contributed by atoms with Crippen molar-refractivity contribution in [3.63, 3.8) is 0 Å². The molecule has 1 amide bonds. The van der Waals surface area contributed by atoms with E-state index in [-0.39, 0.29) is 24.5 Å². The average Bonchev–Trinajstić information content (AvgIpc) is 3.97. The fraction of sp³-hybridized carbons (Fsp3) is 0.585. The molecule has 0 unspecified atom stereocenters. The Morgan fingerprint density at radius 2 is 1.33 bits per heavy atom. The number of pyridine rings is 2. The number of rotatable bonds is 8. The van der Waals surface area contributed by atoms with Gasteiger partial charge in [-0.05, 0) is 152 Å². The SMILES string of the molecule is CC(C)(C)OC(=O)N1CC[C@@H](n2cc(CCc3ccc4c(n3)CCCC4)cn2)C1.Cl.c1nn([C@@H]2CCNC2)cc1CCc1ccc2c(n1)CCCC2. The number of aromatic nitrogens is 6. The Bertz CT molecular complexity index is 1770. The van der Waals surface area contributed by atoms with E-state index < -0.39 is 5.60 Å². The van der Waals surface area contributed by atoms with Crippen LogP contribution in [0.5, 0.6) is 0 Å². The number of hydrogen-bond donors (Lipinski definition) is 1. The minimum atomic E-state index is -0.460. The van der Waals surface area contributed by atoms with Crippen molar-refractivity contribution in [2.45, 2.75) is 128 Å². The van der Waals surface area contributed by atoms with E-state index in [1.807, 2.05) is 37.8 Å². The zero-order valence-corrected chi connectivity index (χ0v) is 32.2. The van der Waals surface area contributed by atoms with Crippen LogP contribution in [0.4, 0.5) is 4.79 Å². The van der Waals surface area contributed by atoms with Crippen LogP contribution in [0.2, 0.25) is 0 Å². The van der Waals surface area contributed by atoms with Gasteiger partial charge in [0, 0.05) is 54.8 Å². The first-order valence-electron chi connectivity index (χ1n) is 19.5. The van der Waals surface area contributed by atoms with Gasteiger partial charge in [0.1, 0.15) is 5.60 Å². The normalized spacial score (nSPS) is 19.6. The number of likely N-dealkylation sites (tertiary alicyclic amines) is 1. The van der Waals surface area contributed by atoms with Crippen molar-refractivity contribution in [1.82, 2.24) is 39.7 Å². The maximum absolute atomic E-state index is 12.3. The highest BCUT2D eigenvalue weighted by molar-refractivity contribution is 5.85. The van der Waals surface area contributed by atoms with Gasteiger partial charge in [0.2, 0.25) is 0 Å². The average molecular weight is 729 g/mol. The minimum absolute atomic E-state index is 0. The molecule has 280 valence electrons. The Morgan fingerprint density at radius 3 is 1.87 bits per heavy atom. The number of ether oxygens (including phenoxy) is 1. The zero-order chi connectivity index (χ0) is 35.2. The predicted octanol–water partition coefficient (Wildman–Crippen LogP) is 7.02. The third-order valence-corrected chi connectivity index (χ3v) is 10.7. The number of halogens is 1. The molecule has 10 nitrogen and oxygen atoms in total. The molecule has 11 heteroatoms. The summed E-state index contributed by atoms with van der Waals surface area (Å²) in [6.45, 7) is 9.23. The summed E-state index contributed by atoms with van der Waals surface area (Å²) in [5, 5.41) is 12.5. The van der Waals surface area contributed by atoms with Gasteiger partial charge in [-0.1, -0.05) is 12.1 Å². The van der Waals surface area contributed by atoms with Crippen molar-refractivity contribution < 1.29 is 9.53 Å². The lowest BCUT2D eigenvalue weighted by molar-refractivity contribution is 0.0288. The van der Waals surface area contributed by atoms with Crippen molar-refractivity contribution in [1.29, 1.82) is 0 Å². The van der Waals surface area contributed by atoms with Crippen LogP contribution < -0.4 is 5.32 Å². The number of hydrogen-bond acceptors (Lipinski definition) is 7. The van der Waals surface area contributed by atoms with Crippen molar-refractivity contribution in [3.8, 4) is 0 Å². The lowest BCUT2D eigenvalue weighted by atomic mass is 9.95. The van der Waals surface area contributed by atoms with Gasteiger partial charge in [0.15, 0.2) is 0 Å². The van der Waals surface area contributed by atoms with E-state index in [9.17, 15) is 4.79 Å². The van der Waals surface area contributed by atoms with Crippen LogP contribution >= 0.6 is 12.4 Å². The molecule has 2 fully saturated rings. The van der Waals surface area contributed by atoms with Gasteiger partial charge in [-0.25, -0.2) is 4.79 Å². The number of fused-ring (bicyclic) bond motifs is 2. The highest BCUT2D eigenvalue weighted by Gasteiger charge is 2.31. The largest absolute Gasteiger partial charge is 0.444 e. The molecule has 2 atom stereocenters. The number of carbonyl (C=O) groups excluding carboxylic acids is 1. The summed E-state index contributed by atoms with van der Waals surface area (Å²) < 4.78 is 9.64. The molecule has 0 radical (unpaired) electrons. The Hall–Kier alpha value is -3.76. The zero-order valence-electron chi connectivity index (χ0n) is 31.4. The summed E-state index contributed by atoms with van der Waals surface area (Å²) in [6, 6.07) is 9.72. The number of aryl methyl sites for hydroxylation is 8. The molecule has 2 aliphatic heterocycles. The highest BCUT2D eigenvalue weighted by Crippen LogP contribution is 2.25. The van der Waals surface area contributed by atoms with Crippen molar-refractivity contribution in [3.05, 3.63) is 94.1 Å². The van der Waals surface area contributed by atoms with Crippen LogP contribution in [0.1, 0.15) is 116 Å². The fourth-order valence-corrected chi connectivity index (χ4v) is 7.81. The molecule has 8 rings (SSSR count). The van der Waals surface area contributed by atoms with E-state index in [0.29, 0.717) is 19.1 Å². The van der Waals surface area contributed by atoms with Crippen LogP contribution in [-0.2, 0) is 56.1 Å². The summed E-state index contributed by atoms with van der Waals surface area (Å²) in [5.41, 5.74) is 10.0. The number of nitrogens with zero attached hydrogens (tertiary/aromatic N) is 7. The van der Waals surface area contributed by atoms with Crippen LogP contribution in [0.15, 0.2) is 49.1 Å². The van der Waals surface area contributed by atoms with Gasteiger partial charge in [-0.15, -0.1) is 12.4 Å². The van der Waals surface area contributed by atoms with Crippen LogP contribution in [0.3, 0.4) is 0 Å². The second-order valence-corrected chi connectivity index (χ2v) is 15.9. The molecule has 1 N–H and O–H groups in total.